The van der Waals surface area contributed by atoms with Crippen LogP contribution in [0.5, 0.6) is 5.75 Å². The van der Waals surface area contributed by atoms with Crippen LogP contribution in [-0.4, -0.2) is 25.5 Å². The minimum atomic E-state index is -0.561. The molecule has 16 heavy (non-hydrogen) atoms. The Morgan fingerprint density at radius 3 is 2.50 bits per heavy atom. The fourth-order valence-corrected chi connectivity index (χ4v) is 1.82. The van der Waals surface area contributed by atoms with Crippen molar-refractivity contribution in [3.8, 4) is 5.75 Å². The van der Waals surface area contributed by atoms with Gasteiger partial charge in [0.05, 0.1) is 17.1 Å². The average Bonchev–Trinajstić information content (AvgIpc) is 2.27. The molecule has 1 aromatic rings. The van der Waals surface area contributed by atoms with Crippen molar-refractivity contribution < 1.29 is 9.53 Å². The topological polar surface area (TPSA) is 38.3 Å². The quantitative estimate of drug-likeness (QED) is 0.865. The minimum Gasteiger partial charge on any atom is -0.496 e. The molecule has 0 bridgehead atoms. The van der Waals surface area contributed by atoms with E-state index < -0.39 is 5.54 Å². The molecule has 0 spiro atoms. The van der Waals surface area contributed by atoms with Crippen LogP contribution in [0.3, 0.4) is 0 Å². The van der Waals surface area contributed by atoms with Gasteiger partial charge in [0.2, 0.25) is 0 Å². The molecule has 0 aliphatic heterocycles. The number of hydrogen-bond donors (Lipinski definition) is 1. The summed E-state index contributed by atoms with van der Waals surface area (Å²) in [4.78, 5) is 12.1. The summed E-state index contributed by atoms with van der Waals surface area (Å²) in [5.41, 5.74) is 0.0978. The monoisotopic (exact) mass is 285 g/mol. The fraction of sp³-hybridized carbons (Fsp3) is 0.417. The van der Waals surface area contributed by atoms with Gasteiger partial charge in [0, 0.05) is 5.56 Å². The number of hydrogen-bond acceptors (Lipinski definition) is 3. The number of likely N-dealkylation sites (N-methyl/N-ethyl adjacent to an activating group) is 1. The van der Waals surface area contributed by atoms with Crippen molar-refractivity contribution in [2.75, 3.05) is 14.2 Å². The van der Waals surface area contributed by atoms with Gasteiger partial charge < -0.3 is 10.1 Å². The van der Waals surface area contributed by atoms with Crippen LogP contribution >= 0.6 is 15.9 Å². The first-order valence-corrected chi connectivity index (χ1v) is 5.79. The lowest BCUT2D eigenvalue weighted by Crippen LogP contribution is -2.44. The van der Waals surface area contributed by atoms with Gasteiger partial charge in [-0.3, -0.25) is 4.79 Å². The number of benzene rings is 1. The number of Topliss-reactive ketones (excluding diaryl/α,β-unsaturated/α-hetero) is 1. The third kappa shape index (κ3) is 2.62. The molecule has 0 amide bonds. The highest BCUT2D eigenvalue weighted by molar-refractivity contribution is 9.10. The lowest BCUT2D eigenvalue weighted by atomic mass is 9.93. The molecule has 88 valence electrons. The highest BCUT2D eigenvalue weighted by Gasteiger charge is 2.26. The predicted octanol–water partition coefficient (Wildman–Crippen LogP) is 2.64. The second kappa shape index (κ2) is 4.97. The molecule has 3 nitrogen and oxygen atoms in total. The Balaban J connectivity index is 3.07. The van der Waals surface area contributed by atoms with Gasteiger partial charge in [-0.25, -0.2) is 0 Å². The van der Waals surface area contributed by atoms with Crippen LogP contribution in [0.1, 0.15) is 24.2 Å². The van der Waals surface area contributed by atoms with Gasteiger partial charge in [0.25, 0.3) is 0 Å². The van der Waals surface area contributed by atoms with Gasteiger partial charge in [0.1, 0.15) is 5.75 Å². The van der Waals surface area contributed by atoms with Crippen LogP contribution in [0, 0.1) is 0 Å². The largest absolute Gasteiger partial charge is 0.496 e. The van der Waals surface area contributed by atoms with E-state index in [1.54, 1.807) is 32.4 Å². The van der Waals surface area contributed by atoms with Gasteiger partial charge in [-0.05, 0) is 55.0 Å². The van der Waals surface area contributed by atoms with E-state index in [0.717, 1.165) is 10.2 Å². The van der Waals surface area contributed by atoms with Crippen molar-refractivity contribution in [1.82, 2.24) is 5.32 Å². The molecule has 0 atom stereocenters. The Kier molecular flexibility index (Phi) is 4.10. The molecular weight excluding hydrogens is 270 g/mol. The Morgan fingerprint density at radius 2 is 2.06 bits per heavy atom. The van der Waals surface area contributed by atoms with Crippen molar-refractivity contribution in [3.05, 3.63) is 28.2 Å². The minimum absolute atomic E-state index is 0.0540. The van der Waals surface area contributed by atoms with Gasteiger partial charge in [0.15, 0.2) is 5.78 Å². The Bertz CT molecular complexity index is 402. The van der Waals surface area contributed by atoms with Crippen LogP contribution < -0.4 is 10.1 Å². The van der Waals surface area contributed by atoms with Crippen molar-refractivity contribution in [1.29, 1.82) is 0 Å². The molecular formula is C12H16BrNO2. The highest BCUT2D eigenvalue weighted by atomic mass is 79.9. The number of halogens is 1. The number of methoxy groups -OCH3 is 1. The van der Waals surface area contributed by atoms with Crippen LogP contribution in [0.2, 0.25) is 0 Å². The lowest BCUT2D eigenvalue weighted by Gasteiger charge is -2.22. The highest BCUT2D eigenvalue weighted by Crippen LogP contribution is 2.27. The number of ketones is 1. The van der Waals surface area contributed by atoms with E-state index in [2.05, 4.69) is 21.2 Å². The molecule has 0 aromatic heterocycles. The van der Waals surface area contributed by atoms with Crippen LogP contribution in [0.15, 0.2) is 22.7 Å². The maximum Gasteiger partial charge on any atom is 0.182 e. The van der Waals surface area contributed by atoms with Gasteiger partial charge >= 0.3 is 0 Å². The fourth-order valence-electron chi connectivity index (χ4n) is 1.28. The second-order valence-corrected chi connectivity index (χ2v) is 4.91. The van der Waals surface area contributed by atoms with Crippen molar-refractivity contribution in [2.45, 2.75) is 19.4 Å². The molecule has 1 aromatic carbocycles. The lowest BCUT2D eigenvalue weighted by molar-refractivity contribution is 0.0889. The van der Waals surface area contributed by atoms with E-state index >= 15 is 0 Å². The number of carbonyl (C=O) groups is 1. The van der Waals surface area contributed by atoms with E-state index in [9.17, 15) is 4.79 Å². The maximum atomic E-state index is 12.1. The molecule has 0 aliphatic carbocycles. The number of nitrogens with one attached hydrogen (secondary N) is 1. The maximum absolute atomic E-state index is 12.1. The smallest absolute Gasteiger partial charge is 0.182 e. The molecule has 1 rings (SSSR count). The van der Waals surface area contributed by atoms with Gasteiger partial charge in [-0.15, -0.1) is 0 Å². The average molecular weight is 286 g/mol. The first-order valence-electron chi connectivity index (χ1n) is 4.99. The first kappa shape index (κ1) is 13.2. The summed E-state index contributed by atoms with van der Waals surface area (Å²) in [6.07, 6.45) is 0. The first-order chi connectivity index (χ1) is 7.42. The van der Waals surface area contributed by atoms with E-state index in [1.807, 2.05) is 13.8 Å². The summed E-state index contributed by atoms with van der Waals surface area (Å²) >= 11 is 3.37. The second-order valence-electron chi connectivity index (χ2n) is 4.05. The van der Waals surface area contributed by atoms with Gasteiger partial charge in [-0.2, -0.15) is 0 Å². The predicted molar refractivity (Wildman–Crippen MR) is 68.2 cm³/mol. The Morgan fingerprint density at radius 1 is 1.44 bits per heavy atom. The third-order valence-corrected chi connectivity index (χ3v) is 3.23. The molecule has 0 saturated carbocycles. The molecule has 0 radical (unpaired) electrons. The van der Waals surface area contributed by atoms with Crippen molar-refractivity contribution >= 4 is 21.7 Å². The molecule has 0 aliphatic rings. The summed E-state index contributed by atoms with van der Waals surface area (Å²) in [6.45, 7) is 3.71. The summed E-state index contributed by atoms with van der Waals surface area (Å²) < 4.78 is 5.90. The number of ether oxygens (including phenoxy) is 1. The van der Waals surface area contributed by atoms with E-state index in [-0.39, 0.29) is 5.78 Å². The van der Waals surface area contributed by atoms with Crippen molar-refractivity contribution in [3.63, 3.8) is 0 Å². The SMILES string of the molecule is CNC(C)(C)C(=O)c1ccc(OC)c(Br)c1. The zero-order valence-electron chi connectivity index (χ0n) is 9.93. The normalized spacial score (nSPS) is 11.3. The summed E-state index contributed by atoms with van der Waals surface area (Å²) in [6, 6.07) is 5.33. The van der Waals surface area contributed by atoms with Crippen LogP contribution in [0.4, 0.5) is 0 Å². The zero-order chi connectivity index (χ0) is 12.3. The molecule has 0 fully saturated rings. The Labute approximate surface area is 104 Å². The summed E-state index contributed by atoms with van der Waals surface area (Å²) in [5.74, 6) is 0.775. The summed E-state index contributed by atoms with van der Waals surface area (Å²) in [7, 11) is 3.37. The van der Waals surface area contributed by atoms with Crippen LogP contribution in [0.25, 0.3) is 0 Å². The zero-order valence-corrected chi connectivity index (χ0v) is 11.5. The van der Waals surface area contributed by atoms with Crippen molar-refractivity contribution in [2.24, 2.45) is 0 Å². The molecule has 1 N–H and O–H groups in total. The number of rotatable bonds is 4. The van der Waals surface area contributed by atoms with E-state index in [4.69, 9.17) is 4.74 Å². The summed E-state index contributed by atoms with van der Waals surface area (Å²) in [5, 5.41) is 2.99. The standard InChI is InChI=1S/C12H16BrNO2/c1-12(2,14-3)11(15)8-5-6-10(16-4)9(13)7-8/h5-7,14H,1-4H3. The van der Waals surface area contributed by atoms with Crippen LogP contribution in [-0.2, 0) is 0 Å². The number of carbonyl (C=O) groups excluding carboxylic acids is 1. The molecule has 4 heteroatoms. The van der Waals surface area contributed by atoms with E-state index in [0.29, 0.717) is 5.56 Å². The Hall–Kier alpha value is -0.870. The van der Waals surface area contributed by atoms with E-state index in [1.165, 1.54) is 0 Å². The third-order valence-electron chi connectivity index (χ3n) is 2.61. The molecule has 0 heterocycles. The molecule has 0 unspecified atom stereocenters. The van der Waals surface area contributed by atoms with Gasteiger partial charge in [-0.1, -0.05) is 0 Å². The molecule has 0 saturated heterocycles.